The molecule has 0 aromatic heterocycles. The van der Waals surface area contributed by atoms with Gasteiger partial charge in [0, 0.05) is 28.6 Å². The number of benzene rings is 3. The quantitative estimate of drug-likeness (QED) is 0.464. The summed E-state index contributed by atoms with van der Waals surface area (Å²) in [6.45, 7) is 4.87. The minimum absolute atomic E-state index is 0.0557. The van der Waals surface area contributed by atoms with Crippen LogP contribution >= 0.6 is 0 Å². The number of carbonyl (C=O) groups is 2. The van der Waals surface area contributed by atoms with Gasteiger partial charge in [0.25, 0.3) is 0 Å². The highest BCUT2D eigenvalue weighted by molar-refractivity contribution is 6.09. The maximum atomic E-state index is 12.6. The molecule has 160 valence electrons. The van der Waals surface area contributed by atoms with Gasteiger partial charge in [-0.2, -0.15) is 0 Å². The number of ketones is 1. The van der Waals surface area contributed by atoms with Crippen LogP contribution in [-0.4, -0.2) is 31.4 Å². The largest absolute Gasteiger partial charge is 0.490 e. The molecule has 3 aromatic rings. The number of ether oxygens (including phenoxy) is 2. The molecule has 0 saturated heterocycles. The molecule has 3 aromatic carbocycles. The first-order valence-electron chi connectivity index (χ1n) is 10.2. The van der Waals surface area contributed by atoms with E-state index in [0.717, 1.165) is 0 Å². The normalized spacial score (nSPS) is 10.3. The molecule has 0 radical (unpaired) electrons. The summed E-state index contributed by atoms with van der Waals surface area (Å²) in [5, 5.41) is 5.90. The Labute approximate surface area is 182 Å². The van der Waals surface area contributed by atoms with Crippen molar-refractivity contribution < 1.29 is 19.1 Å². The SMILES string of the molecule is CCOc1ccc(NC(=O)CNc2cccc(C(=O)c3ccccc3)c2)cc1OCC. The summed E-state index contributed by atoms with van der Waals surface area (Å²) in [5.41, 5.74) is 2.49. The zero-order valence-electron chi connectivity index (χ0n) is 17.7. The molecule has 3 rings (SSSR count). The molecule has 0 saturated carbocycles. The van der Waals surface area contributed by atoms with Crippen molar-refractivity contribution in [3.63, 3.8) is 0 Å². The molecule has 6 heteroatoms. The maximum Gasteiger partial charge on any atom is 0.243 e. The van der Waals surface area contributed by atoms with Crippen molar-refractivity contribution in [3.05, 3.63) is 83.9 Å². The van der Waals surface area contributed by atoms with E-state index in [1.54, 1.807) is 48.5 Å². The highest BCUT2D eigenvalue weighted by atomic mass is 16.5. The molecule has 0 spiro atoms. The fourth-order valence-electron chi connectivity index (χ4n) is 3.04. The first-order chi connectivity index (χ1) is 15.1. The van der Waals surface area contributed by atoms with Gasteiger partial charge in [-0.25, -0.2) is 0 Å². The van der Waals surface area contributed by atoms with E-state index in [1.165, 1.54) is 0 Å². The third-order valence-corrected chi connectivity index (χ3v) is 4.44. The van der Waals surface area contributed by atoms with Crippen molar-refractivity contribution in [2.45, 2.75) is 13.8 Å². The molecular formula is C25H26N2O4. The fourth-order valence-corrected chi connectivity index (χ4v) is 3.04. The van der Waals surface area contributed by atoms with E-state index in [0.29, 0.717) is 47.2 Å². The monoisotopic (exact) mass is 418 g/mol. The standard InChI is InChI=1S/C25H26N2O4/c1-3-30-22-14-13-21(16-23(22)31-4-2)27-24(28)17-26-20-12-8-11-19(15-20)25(29)18-9-6-5-7-10-18/h5-16,26H,3-4,17H2,1-2H3,(H,27,28). The van der Waals surface area contributed by atoms with Crippen LogP contribution in [0.2, 0.25) is 0 Å². The van der Waals surface area contributed by atoms with Crippen LogP contribution in [-0.2, 0) is 4.79 Å². The van der Waals surface area contributed by atoms with Crippen LogP contribution in [0, 0.1) is 0 Å². The van der Waals surface area contributed by atoms with Crippen LogP contribution in [0.15, 0.2) is 72.8 Å². The van der Waals surface area contributed by atoms with Crippen LogP contribution in [0.25, 0.3) is 0 Å². The molecular weight excluding hydrogens is 392 g/mol. The lowest BCUT2D eigenvalue weighted by atomic mass is 10.0. The van der Waals surface area contributed by atoms with Crippen molar-refractivity contribution in [3.8, 4) is 11.5 Å². The van der Waals surface area contributed by atoms with Gasteiger partial charge in [-0.1, -0.05) is 42.5 Å². The molecule has 6 nitrogen and oxygen atoms in total. The summed E-state index contributed by atoms with van der Waals surface area (Å²) in [4.78, 5) is 25.0. The van der Waals surface area contributed by atoms with Crippen molar-refractivity contribution in [2.75, 3.05) is 30.4 Å². The second-order valence-electron chi connectivity index (χ2n) is 6.71. The molecule has 0 unspecified atom stereocenters. The van der Waals surface area contributed by atoms with E-state index in [1.807, 2.05) is 38.1 Å². The summed E-state index contributed by atoms with van der Waals surface area (Å²) in [5.74, 6) is 0.945. The highest BCUT2D eigenvalue weighted by Crippen LogP contribution is 2.30. The van der Waals surface area contributed by atoms with Crippen molar-refractivity contribution in [1.82, 2.24) is 0 Å². The Hall–Kier alpha value is -3.80. The van der Waals surface area contributed by atoms with E-state index in [4.69, 9.17) is 9.47 Å². The Morgan fingerprint density at radius 2 is 1.45 bits per heavy atom. The molecule has 1 amide bonds. The number of rotatable bonds is 10. The molecule has 0 fully saturated rings. The van der Waals surface area contributed by atoms with Gasteiger partial charge < -0.3 is 20.1 Å². The van der Waals surface area contributed by atoms with Gasteiger partial charge in [0.15, 0.2) is 17.3 Å². The number of nitrogens with one attached hydrogen (secondary N) is 2. The Kier molecular flexibility index (Phi) is 7.65. The third-order valence-electron chi connectivity index (χ3n) is 4.44. The van der Waals surface area contributed by atoms with Crippen molar-refractivity contribution in [2.24, 2.45) is 0 Å². The summed E-state index contributed by atoms with van der Waals surface area (Å²) >= 11 is 0. The van der Waals surface area contributed by atoms with Crippen LogP contribution in [0.4, 0.5) is 11.4 Å². The predicted molar refractivity (Wildman–Crippen MR) is 122 cm³/mol. The zero-order valence-corrected chi connectivity index (χ0v) is 17.7. The number of hydrogen-bond donors (Lipinski definition) is 2. The van der Waals surface area contributed by atoms with Gasteiger partial charge in [-0.3, -0.25) is 9.59 Å². The minimum atomic E-state index is -0.216. The summed E-state index contributed by atoms with van der Waals surface area (Å²) < 4.78 is 11.1. The minimum Gasteiger partial charge on any atom is -0.490 e. The summed E-state index contributed by atoms with van der Waals surface area (Å²) in [6, 6.07) is 21.5. The lowest BCUT2D eigenvalue weighted by Gasteiger charge is -2.13. The average Bonchev–Trinajstić information content (AvgIpc) is 2.80. The Balaban J connectivity index is 1.61. The highest BCUT2D eigenvalue weighted by Gasteiger charge is 2.11. The predicted octanol–water partition coefficient (Wildman–Crippen LogP) is 4.77. The Morgan fingerprint density at radius 1 is 0.742 bits per heavy atom. The van der Waals surface area contributed by atoms with E-state index < -0.39 is 0 Å². The van der Waals surface area contributed by atoms with Gasteiger partial charge in [0.2, 0.25) is 5.91 Å². The topological polar surface area (TPSA) is 76.7 Å². The Bertz CT molecular complexity index is 1030. The van der Waals surface area contributed by atoms with Crippen LogP contribution in [0.1, 0.15) is 29.8 Å². The van der Waals surface area contributed by atoms with Crippen LogP contribution in [0.3, 0.4) is 0 Å². The number of hydrogen-bond acceptors (Lipinski definition) is 5. The van der Waals surface area contributed by atoms with Crippen molar-refractivity contribution in [1.29, 1.82) is 0 Å². The first kappa shape index (κ1) is 21.9. The molecule has 2 N–H and O–H groups in total. The summed E-state index contributed by atoms with van der Waals surface area (Å²) in [6.07, 6.45) is 0. The lowest BCUT2D eigenvalue weighted by Crippen LogP contribution is -2.21. The van der Waals surface area contributed by atoms with Gasteiger partial charge in [-0.05, 0) is 38.1 Å². The second kappa shape index (κ2) is 10.8. The summed E-state index contributed by atoms with van der Waals surface area (Å²) in [7, 11) is 0. The molecule has 31 heavy (non-hydrogen) atoms. The number of anilines is 2. The molecule has 0 atom stereocenters. The van der Waals surface area contributed by atoms with E-state index in [-0.39, 0.29) is 18.2 Å². The van der Waals surface area contributed by atoms with Crippen LogP contribution < -0.4 is 20.1 Å². The van der Waals surface area contributed by atoms with Gasteiger partial charge in [0.1, 0.15) is 0 Å². The van der Waals surface area contributed by atoms with E-state index in [2.05, 4.69) is 10.6 Å². The second-order valence-corrected chi connectivity index (χ2v) is 6.71. The molecule has 0 aliphatic heterocycles. The third kappa shape index (κ3) is 6.09. The van der Waals surface area contributed by atoms with Crippen molar-refractivity contribution >= 4 is 23.1 Å². The van der Waals surface area contributed by atoms with Crippen LogP contribution in [0.5, 0.6) is 11.5 Å². The molecule has 0 bridgehead atoms. The van der Waals surface area contributed by atoms with E-state index >= 15 is 0 Å². The smallest absolute Gasteiger partial charge is 0.243 e. The molecule has 0 heterocycles. The molecule has 0 aliphatic carbocycles. The lowest BCUT2D eigenvalue weighted by molar-refractivity contribution is -0.114. The fraction of sp³-hybridized carbons (Fsp3) is 0.200. The zero-order chi connectivity index (χ0) is 22.1. The van der Waals surface area contributed by atoms with E-state index in [9.17, 15) is 9.59 Å². The number of amides is 1. The Morgan fingerprint density at radius 3 is 2.19 bits per heavy atom. The van der Waals surface area contributed by atoms with Gasteiger partial charge in [-0.15, -0.1) is 0 Å². The van der Waals surface area contributed by atoms with Gasteiger partial charge >= 0.3 is 0 Å². The number of carbonyl (C=O) groups excluding carboxylic acids is 2. The molecule has 0 aliphatic rings. The van der Waals surface area contributed by atoms with Gasteiger partial charge in [0.05, 0.1) is 19.8 Å². The maximum absolute atomic E-state index is 12.6. The average molecular weight is 418 g/mol. The first-order valence-corrected chi connectivity index (χ1v) is 10.2.